The van der Waals surface area contributed by atoms with E-state index in [1.165, 1.54) is 12.0 Å². The van der Waals surface area contributed by atoms with Gasteiger partial charge in [-0.2, -0.15) is 0 Å². The molecule has 3 heteroatoms. The summed E-state index contributed by atoms with van der Waals surface area (Å²) in [6.45, 7) is 2.02. The Kier molecular flexibility index (Phi) is 3.11. The SMILES string of the molecule is NC(=O)C/C=C1/CCCNC1. The maximum absolute atomic E-state index is 10.4. The molecule has 0 aromatic rings. The third-order valence-corrected chi connectivity index (χ3v) is 1.80. The summed E-state index contributed by atoms with van der Waals surface area (Å²) in [5, 5.41) is 3.24. The summed E-state index contributed by atoms with van der Waals surface area (Å²) in [6, 6.07) is 0. The fraction of sp³-hybridized carbons (Fsp3) is 0.625. The van der Waals surface area contributed by atoms with E-state index in [0.29, 0.717) is 6.42 Å². The summed E-state index contributed by atoms with van der Waals surface area (Å²) in [5.41, 5.74) is 6.32. The van der Waals surface area contributed by atoms with Crippen molar-refractivity contribution in [2.24, 2.45) is 5.73 Å². The highest BCUT2D eigenvalue weighted by atomic mass is 16.1. The first-order valence-corrected chi connectivity index (χ1v) is 3.96. The standard InChI is InChI=1S/C8H14N2O/c9-8(11)4-3-7-2-1-5-10-6-7/h3,10H,1-2,4-6H2,(H2,9,11)/b7-3-. The minimum atomic E-state index is -0.247. The molecule has 0 aromatic carbocycles. The molecule has 0 atom stereocenters. The Morgan fingerprint density at radius 3 is 3.09 bits per heavy atom. The first kappa shape index (κ1) is 8.27. The summed E-state index contributed by atoms with van der Waals surface area (Å²) in [4.78, 5) is 10.4. The number of nitrogens with one attached hydrogen (secondary N) is 1. The smallest absolute Gasteiger partial charge is 0.221 e. The number of carbonyl (C=O) groups excluding carboxylic acids is 1. The monoisotopic (exact) mass is 154 g/mol. The molecule has 0 aliphatic carbocycles. The number of amides is 1. The molecule has 62 valence electrons. The van der Waals surface area contributed by atoms with Crippen LogP contribution in [0.1, 0.15) is 19.3 Å². The lowest BCUT2D eigenvalue weighted by molar-refractivity contribution is -0.117. The van der Waals surface area contributed by atoms with E-state index >= 15 is 0 Å². The van der Waals surface area contributed by atoms with Gasteiger partial charge in [0.2, 0.25) is 5.91 Å². The fourth-order valence-corrected chi connectivity index (χ4v) is 1.20. The van der Waals surface area contributed by atoms with E-state index < -0.39 is 0 Å². The van der Waals surface area contributed by atoms with Crippen LogP contribution in [-0.2, 0) is 4.79 Å². The van der Waals surface area contributed by atoms with E-state index in [1.54, 1.807) is 0 Å². The van der Waals surface area contributed by atoms with Crippen molar-refractivity contribution in [2.45, 2.75) is 19.3 Å². The second kappa shape index (κ2) is 4.13. The lowest BCUT2D eigenvalue weighted by Crippen LogP contribution is -2.24. The van der Waals surface area contributed by atoms with Gasteiger partial charge in [-0.3, -0.25) is 4.79 Å². The van der Waals surface area contributed by atoms with Gasteiger partial charge < -0.3 is 11.1 Å². The Hall–Kier alpha value is -0.830. The molecule has 1 rings (SSSR count). The van der Waals surface area contributed by atoms with E-state index in [4.69, 9.17) is 5.73 Å². The third kappa shape index (κ3) is 3.18. The average Bonchev–Trinajstić information content (AvgIpc) is 2.03. The van der Waals surface area contributed by atoms with Crippen LogP contribution in [0.4, 0.5) is 0 Å². The number of primary amides is 1. The van der Waals surface area contributed by atoms with Crippen LogP contribution >= 0.6 is 0 Å². The normalized spacial score (nSPS) is 22.0. The second-order valence-electron chi connectivity index (χ2n) is 2.81. The van der Waals surface area contributed by atoms with Crippen LogP contribution < -0.4 is 11.1 Å². The molecule has 0 spiro atoms. The third-order valence-electron chi connectivity index (χ3n) is 1.80. The number of hydrogen-bond donors (Lipinski definition) is 2. The van der Waals surface area contributed by atoms with E-state index in [9.17, 15) is 4.79 Å². The van der Waals surface area contributed by atoms with Gasteiger partial charge in [0.25, 0.3) is 0 Å². The van der Waals surface area contributed by atoms with Crippen molar-refractivity contribution in [2.75, 3.05) is 13.1 Å². The Labute approximate surface area is 66.6 Å². The highest BCUT2D eigenvalue weighted by Gasteiger charge is 2.03. The average molecular weight is 154 g/mol. The molecule has 0 saturated carbocycles. The predicted molar refractivity (Wildman–Crippen MR) is 44.0 cm³/mol. The van der Waals surface area contributed by atoms with Crippen LogP contribution in [-0.4, -0.2) is 19.0 Å². The summed E-state index contributed by atoms with van der Waals surface area (Å²) in [6.07, 6.45) is 4.61. The van der Waals surface area contributed by atoms with Crippen molar-refractivity contribution in [1.29, 1.82) is 0 Å². The van der Waals surface area contributed by atoms with Gasteiger partial charge in [-0.05, 0) is 19.4 Å². The highest BCUT2D eigenvalue weighted by molar-refractivity contribution is 5.75. The second-order valence-corrected chi connectivity index (χ2v) is 2.81. The van der Waals surface area contributed by atoms with Crippen molar-refractivity contribution in [3.05, 3.63) is 11.6 Å². The molecule has 0 bridgehead atoms. The predicted octanol–water partition coefficient (Wildman–Crippen LogP) is 0.172. The maximum Gasteiger partial charge on any atom is 0.221 e. The van der Waals surface area contributed by atoms with Crippen molar-refractivity contribution in [3.63, 3.8) is 0 Å². The topological polar surface area (TPSA) is 55.1 Å². The number of piperidine rings is 1. The van der Waals surface area contributed by atoms with Gasteiger partial charge in [0.1, 0.15) is 0 Å². The number of nitrogens with two attached hydrogens (primary N) is 1. The summed E-state index contributed by atoms with van der Waals surface area (Å²) in [7, 11) is 0. The van der Waals surface area contributed by atoms with Crippen molar-refractivity contribution in [3.8, 4) is 0 Å². The van der Waals surface area contributed by atoms with Crippen LogP contribution in [0.5, 0.6) is 0 Å². The summed E-state index contributed by atoms with van der Waals surface area (Å²) >= 11 is 0. The van der Waals surface area contributed by atoms with Crippen LogP contribution in [0.15, 0.2) is 11.6 Å². The molecule has 1 saturated heterocycles. The van der Waals surface area contributed by atoms with E-state index in [2.05, 4.69) is 5.32 Å². The molecule has 1 amide bonds. The van der Waals surface area contributed by atoms with Crippen LogP contribution in [0.2, 0.25) is 0 Å². The fourth-order valence-electron chi connectivity index (χ4n) is 1.20. The summed E-state index contributed by atoms with van der Waals surface area (Å²) in [5.74, 6) is -0.247. The molecule has 1 aliphatic heterocycles. The zero-order valence-electron chi connectivity index (χ0n) is 6.60. The van der Waals surface area contributed by atoms with Gasteiger partial charge in [-0.15, -0.1) is 0 Å². The Morgan fingerprint density at radius 1 is 1.73 bits per heavy atom. The molecular formula is C8H14N2O. The first-order chi connectivity index (χ1) is 5.29. The van der Waals surface area contributed by atoms with Crippen LogP contribution in [0.3, 0.4) is 0 Å². The molecule has 11 heavy (non-hydrogen) atoms. The van der Waals surface area contributed by atoms with Gasteiger partial charge in [0.05, 0.1) is 0 Å². The van der Waals surface area contributed by atoms with Crippen molar-refractivity contribution < 1.29 is 4.79 Å². The van der Waals surface area contributed by atoms with Gasteiger partial charge >= 0.3 is 0 Å². The Bertz CT molecular complexity index is 167. The van der Waals surface area contributed by atoms with Gasteiger partial charge in [-0.25, -0.2) is 0 Å². The minimum Gasteiger partial charge on any atom is -0.369 e. The number of rotatable bonds is 2. The van der Waals surface area contributed by atoms with Gasteiger partial charge in [-0.1, -0.05) is 11.6 Å². The zero-order chi connectivity index (χ0) is 8.10. The summed E-state index contributed by atoms with van der Waals surface area (Å²) < 4.78 is 0. The minimum absolute atomic E-state index is 0.247. The zero-order valence-corrected chi connectivity index (χ0v) is 6.60. The number of carbonyl (C=O) groups is 1. The highest BCUT2D eigenvalue weighted by Crippen LogP contribution is 2.08. The van der Waals surface area contributed by atoms with E-state index in [-0.39, 0.29) is 5.91 Å². The Morgan fingerprint density at radius 2 is 2.55 bits per heavy atom. The lowest BCUT2D eigenvalue weighted by atomic mass is 10.1. The molecule has 1 fully saturated rings. The Balaban J connectivity index is 2.32. The van der Waals surface area contributed by atoms with Crippen LogP contribution in [0.25, 0.3) is 0 Å². The van der Waals surface area contributed by atoms with Gasteiger partial charge in [0, 0.05) is 13.0 Å². The quantitative estimate of drug-likeness (QED) is 0.557. The van der Waals surface area contributed by atoms with E-state index in [0.717, 1.165) is 19.5 Å². The molecule has 1 heterocycles. The molecule has 0 radical (unpaired) electrons. The largest absolute Gasteiger partial charge is 0.369 e. The molecular weight excluding hydrogens is 140 g/mol. The molecule has 3 N–H and O–H groups in total. The van der Waals surface area contributed by atoms with Gasteiger partial charge in [0.15, 0.2) is 0 Å². The van der Waals surface area contributed by atoms with Crippen molar-refractivity contribution >= 4 is 5.91 Å². The number of hydrogen-bond acceptors (Lipinski definition) is 2. The lowest BCUT2D eigenvalue weighted by Gasteiger charge is -2.14. The first-order valence-electron chi connectivity index (χ1n) is 3.96. The van der Waals surface area contributed by atoms with Crippen molar-refractivity contribution in [1.82, 2.24) is 5.32 Å². The maximum atomic E-state index is 10.4. The molecule has 1 aliphatic rings. The molecule has 0 unspecified atom stereocenters. The van der Waals surface area contributed by atoms with E-state index in [1.807, 2.05) is 6.08 Å². The molecule has 0 aromatic heterocycles. The van der Waals surface area contributed by atoms with Crippen LogP contribution in [0, 0.1) is 0 Å². The molecule has 3 nitrogen and oxygen atoms in total.